The third-order valence-corrected chi connectivity index (χ3v) is 5.65. The average Bonchev–Trinajstić information content (AvgIpc) is 3.05. The number of aryl methyl sites for hydroxylation is 1. The Morgan fingerprint density at radius 3 is 2.77 bits per heavy atom. The Hall–Kier alpha value is -1.93. The number of nitrogens with one attached hydrogen (secondary N) is 2. The highest BCUT2D eigenvalue weighted by Crippen LogP contribution is 2.20. The van der Waals surface area contributed by atoms with Crippen LogP contribution >= 0.6 is 27.3 Å². The normalized spacial score (nSPS) is 14.9. The van der Waals surface area contributed by atoms with E-state index in [0.717, 1.165) is 20.9 Å². The first-order chi connectivity index (χ1) is 12.5. The first-order valence-electron chi connectivity index (χ1n) is 8.51. The van der Waals surface area contributed by atoms with E-state index in [1.165, 1.54) is 0 Å². The number of piperidine rings is 1. The van der Waals surface area contributed by atoms with Crippen LogP contribution in [0.1, 0.15) is 23.5 Å². The topological polar surface area (TPSA) is 74.3 Å². The summed E-state index contributed by atoms with van der Waals surface area (Å²) in [4.78, 5) is 30.8. The lowest BCUT2D eigenvalue weighted by molar-refractivity contribution is -0.126. The molecule has 0 bridgehead atoms. The van der Waals surface area contributed by atoms with Crippen molar-refractivity contribution < 1.29 is 9.59 Å². The Labute approximate surface area is 165 Å². The standard InChI is InChI=1S/C18H21BrN4O2S/c1-12-21-16(11-26-12)10-20-17(24)13-5-7-23(8-6-13)18(25)22-15-4-2-3-14(19)9-15/h2-4,9,11,13H,5-8,10H2,1H3,(H,20,24)(H,22,25). The van der Waals surface area contributed by atoms with Crippen LogP contribution in [0.4, 0.5) is 10.5 Å². The Kier molecular flexibility index (Phi) is 6.26. The summed E-state index contributed by atoms with van der Waals surface area (Å²) in [6, 6.07) is 7.37. The van der Waals surface area contributed by atoms with Crippen molar-refractivity contribution in [1.82, 2.24) is 15.2 Å². The molecule has 3 rings (SSSR count). The number of anilines is 1. The van der Waals surface area contributed by atoms with Crippen LogP contribution in [0.5, 0.6) is 0 Å². The van der Waals surface area contributed by atoms with Crippen molar-refractivity contribution >= 4 is 44.9 Å². The number of carbonyl (C=O) groups is 2. The van der Waals surface area contributed by atoms with E-state index in [1.807, 2.05) is 36.6 Å². The molecule has 1 aromatic heterocycles. The Morgan fingerprint density at radius 1 is 1.35 bits per heavy atom. The van der Waals surface area contributed by atoms with Gasteiger partial charge in [0.2, 0.25) is 5.91 Å². The van der Waals surface area contributed by atoms with Crippen LogP contribution in [0.15, 0.2) is 34.1 Å². The molecular weight excluding hydrogens is 416 g/mol. The molecule has 2 N–H and O–H groups in total. The number of benzene rings is 1. The summed E-state index contributed by atoms with van der Waals surface area (Å²) in [5, 5.41) is 8.81. The largest absolute Gasteiger partial charge is 0.350 e. The quantitative estimate of drug-likeness (QED) is 0.765. The smallest absolute Gasteiger partial charge is 0.321 e. The molecule has 0 atom stereocenters. The van der Waals surface area contributed by atoms with Crippen molar-refractivity contribution in [2.75, 3.05) is 18.4 Å². The van der Waals surface area contributed by atoms with E-state index in [2.05, 4.69) is 31.5 Å². The Balaban J connectivity index is 1.44. The van der Waals surface area contributed by atoms with Crippen LogP contribution in [0.3, 0.4) is 0 Å². The van der Waals surface area contributed by atoms with Gasteiger partial charge in [-0.1, -0.05) is 22.0 Å². The second-order valence-corrected chi connectivity index (χ2v) is 8.26. The van der Waals surface area contributed by atoms with Gasteiger partial charge in [-0.25, -0.2) is 9.78 Å². The molecular formula is C18H21BrN4O2S. The number of likely N-dealkylation sites (tertiary alicyclic amines) is 1. The summed E-state index contributed by atoms with van der Waals surface area (Å²) in [7, 11) is 0. The predicted octanol–water partition coefficient (Wildman–Crippen LogP) is 3.77. The third kappa shape index (κ3) is 5.04. The first kappa shape index (κ1) is 18.8. The van der Waals surface area contributed by atoms with Gasteiger partial charge < -0.3 is 15.5 Å². The molecule has 0 saturated carbocycles. The number of carbonyl (C=O) groups excluding carboxylic acids is 2. The molecule has 2 heterocycles. The van der Waals surface area contributed by atoms with Crippen molar-refractivity contribution in [2.45, 2.75) is 26.3 Å². The summed E-state index contributed by atoms with van der Waals surface area (Å²) in [5.41, 5.74) is 1.65. The number of halogens is 1. The second kappa shape index (κ2) is 8.64. The van der Waals surface area contributed by atoms with E-state index in [9.17, 15) is 9.59 Å². The fourth-order valence-electron chi connectivity index (χ4n) is 2.92. The molecule has 1 fully saturated rings. The molecule has 1 aromatic carbocycles. The summed E-state index contributed by atoms with van der Waals surface area (Å²) in [6.07, 6.45) is 1.35. The zero-order valence-electron chi connectivity index (χ0n) is 14.5. The van der Waals surface area contributed by atoms with E-state index in [-0.39, 0.29) is 17.9 Å². The maximum absolute atomic E-state index is 12.4. The van der Waals surface area contributed by atoms with Crippen molar-refractivity contribution in [1.29, 1.82) is 0 Å². The highest BCUT2D eigenvalue weighted by Gasteiger charge is 2.27. The lowest BCUT2D eigenvalue weighted by Gasteiger charge is -2.31. The number of rotatable bonds is 4. The van der Waals surface area contributed by atoms with Gasteiger partial charge in [-0.2, -0.15) is 0 Å². The number of amides is 3. The van der Waals surface area contributed by atoms with Crippen LogP contribution in [-0.4, -0.2) is 34.9 Å². The van der Waals surface area contributed by atoms with E-state index in [4.69, 9.17) is 0 Å². The molecule has 0 radical (unpaired) electrons. The minimum atomic E-state index is -0.125. The summed E-state index contributed by atoms with van der Waals surface area (Å²) >= 11 is 4.97. The molecule has 1 aliphatic rings. The highest BCUT2D eigenvalue weighted by molar-refractivity contribution is 9.10. The minimum absolute atomic E-state index is 0.0442. The fraction of sp³-hybridized carbons (Fsp3) is 0.389. The third-order valence-electron chi connectivity index (χ3n) is 4.34. The Morgan fingerprint density at radius 2 is 2.12 bits per heavy atom. The van der Waals surface area contributed by atoms with Crippen molar-refractivity contribution in [2.24, 2.45) is 5.92 Å². The Bertz CT molecular complexity index is 787. The van der Waals surface area contributed by atoms with Gasteiger partial charge in [0.15, 0.2) is 0 Å². The lowest BCUT2D eigenvalue weighted by Crippen LogP contribution is -2.44. The summed E-state index contributed by atoms with van der Waals surface area (Å²) in [5.74, 6) is -0.00708. The van der Waals surface area contributed by atoms with Gasteiger partial charge in [0.25, 0.3) is 0 Å². The molecule has 0 aliphatic carbocycles. The highest BCUT2D eigenvalue weighted by atomic mass is 79.9. The molecule has 0 spiro atoms. The number of hydrogen-bond acceptors (Lipinski definition) is 4. The molecule has 2 aromatic rings. The van der Waals surface area contributed by atoms with E-state index < -0.39 is 0 Å². The summed E-state index contributed by atoms with van der Waals surface area (Å²) < 4.78 is 0.918. The molecule has 26 heavy (non-hydrogen) atoms. The number of aromatic nitrogens is 1. The maximum atomic E-state index is 12.4. The fourth-order valence-corrected chi connectivity index (χ4v) is 3.94. The SMILES string of the molecule is Cc1nc(CNC(=O)C2CCN(C(=O)Nc3cccc(Br)c3)CC2)cs1. The maximum Gasteiger partial charge on any atom is 0.321 e. The van der Waals surface area contributed by atoms with Gasteiger partial charge in [-0.3, -0.25) is 4.79 Å². The van der Waals surface area contributed by atoms with Crippen LogP contribution in [-0.2, 0) is 11.3 Å². The zero-order valence-corrected chi connectivity index (χ0v) is 16.9. The van der Waals surface area contributed by atoms with Crippen LogP contribution < -0.4 is 10.6 Å². The first-order valence-corrected chi connectivity index (χ1v) is 10.2. The van der Waals surface area contributed by atoms with Crippen LogP contribution in [0.25, 0.3) is 0 Å². The second-order valence-electron chi connectivity index (χ2n) is 6.28. The zero-order chi connectivity index (χ0) is 18.5. The van der Waals surface area contributed by atoms with Gasteiger partial charge in [0.1, 0.15) is 0 Å². The predicted molar refractivity (Wildman–Crippen MR) is 106 cm³/mol. The van der Waals surface area contributed by atoms with E-state index in [0.29, 0.717) is 32.5 Å². The van der Waals surface area contributed by atoms with Crippen LogP contribution in [0.2, 0.25) is 0 Å². The monoisotopic (exact) mass is 436 g/mol. The van der Waals surface area contributed by atoms with E-state index >= 15 is 0 Å². The van der Waals surface area contributed by atoms with Gasteiger partial charge in [0.05, 0.1) is 17.2 Å². The lowest BCUT2D eigenvalue weighted by atomic mass is 9.96. The number of urea groups is 1. The van der Waals surface area contributed by atoms with Gasteiger partial charge in [-0.05, 0) is 38.0 Å². The number of nitrogens with zero attached hydrogens (tertiary/aromatic N) is 2. The molecule has 3 amide bonds. The van der Waals surface area contributed by atoms with E-state index in [1.54, 1.807) is 16.2 Å². The molecule has 1 aliphatic heterocycles. The van der Waals surface area contributed by atoms with Gasteiger partial charge in [0, 0.05) is 34.5 Å². The van der Waals surface area contributed by atoms with Crippen molar-refractivity contribution in [3.05, 3.63) is 44.8 Å². The van der Waals surface area contributed by atoms with Crippen molar-refractivity contribution in [3.8, 4) is 0 Å². The molecule has 6 nitrogen and oxygen atoms in total. The summed E-state index contributed by atoms with van der Waals surface area (Å²) in [6.45, 7) is 3.57. The molecule has 8 heteroatoms. The van der Waals surface area contributed by atoms with Crippen molar-refractivity contribution in [3.63, 3.8) is 0 Å². The minimum Gasteiger partial charge on any atom is -0.350 e. The van der Waals surface area contributed by atoms with Gasteiger partial charge >= 0.3 is 6.03 Å². The average molecular weight is 437 g/mol. The molecule has 1 saturated heterocycles. The van der Waals surface area contributed by atoms with Gasteiger partial charge in [-0.15, -0.1) is 11.3 Å². The van der Waals surface area contributed by atoms with Crippen LogP contribution in [0, 0.1) is 12.8 Å². The molecule has 0 unspecified atom stereocenters. The number of hydrogen-bond donors (Lipinski definition) is 2. The number of thiazole rings is 1. The molecule has 138 valence electrons.